The first-order valence-electron chi connectivity index (χ1n) is 4.27. The van der Waals surface area contributed by atoms with Crippen LogP contribution in [0.4, 0.5) is 0 Å². The molecule has 2 bridgehead atoms. The summed E-state index contributed by atoms with van der Waals surface area (Å²) in [7, 11) is -2.44. The molecule has 2 heterocycles. The zero-order valence-electron chi connectivity index (χ0n) is 7.36. The lowest BCUT2D eigenvalue weighted by atomic mass is 10.0. The molecule has 6 heteroatoms. The number of carboxylic acids is 1. The van der Waals surface area contributed by atoms with Crippen LogP contribution in [0.1, 0.15) is 6.42 Å². The monoisotopic (exact) mass is 204 g/mol. The molecule has 5 nitrogen and oxygen atoms in total. The minimum absolute atomic E-state index is 0.0831. The lowest BCUT2D eigenvalue weighted by molar-refractivity contribution is -0.143. The van der Waals surface area contributed by atoms with Gasteiger partial charge in [0.25, 0.3) is 0 Å². The van der Waals surface area contributed by atoms with E-state index in [4.69, 9.17) is 18.4 Å². The number of carbonyl (C=O) groups is 1. The third kappa shape index (κ3) is 1.75. The van der Waals surface area contributed by atoms with E-state index in [9.17, 15) is 4.79 Å². The summed E-state index contributed by atoms with van der Waals surface area (Å²) in [6, 6.07) is 0. The van der Waals surface area contributed by atoms with E-state index in [1.165, 1.54) is 0 Å². The fraction of sp³-hybridized carbons (Fsp3) is 0.857. The summed E-state index contributed by atoms with van der Waals surface area (Å²) in [5, 5.41) is 8.81. The molecule has 2 aliphatic rings. The molecule has 0 aromatic carbocycles. The number of rotatable bonds is 1. The van der Waals surface area contributed by atoms with Crippen molar-refractivity contribution in [2.75, 3.05) is 13.2 Å². The van der Waals surface area contributed by atoms with E-state index in [0.717, 1.165) is 0 Å². The molecular weight excluding hydrogens is 192 g/mol. The summed E-state index contributed by atoms with van der Waals surface area (Å²) in [5.74, 6) is -1.25. The van der Waals surface area contributed by atoms with Crippen molar-refractivity contribution in [3.05, 3.63) is 0 Å². The molecule has 0 aromatic rings. The van der Waals surface area contributed by atoms with Crippen molar-refractivity contribution in [2.45, 2.75) is 19.1 Å². The Kier molecular flexibility index (Phi) is 2.15. The molecule has 74 valence electrons. The molecule has 2 saturated heterocycles. The second-order valence-electron chi connectivity index (χ2n) is 3.50. The largest absolute Gasteiger partial charge is 0.498 e. The minimum atomic E-state index is -2.44. The van der Waals surface area contributed by atoms with E-state index < -0.39 is 20.7 Å². The number of hydrogen-bond donors (Lipinski definition) is 1. The molecule has 3 atom stereocenters. The second kappa shape index (κ2) is 3.05. The highest BCUT2D eigenvalue weighted by molar-refractivity contribution is 6.59. The van der Waals surface area contributed by atoms with E-state index >= 15 is 0 Å². The van der Waals surface area contributed by atoms with Crippen LogP contribution >= 0.6 is 0 Å². The van der Waals surface area contributed by atoms with Gasteiger partial charge in [-0.15, -0.1) is 0 Å². The van der Waals surface area contributed by atoms with Gasteiger partial charge >= 0.3 is 14.8 Å². The van der Waals surface area contributed by atoms with Gasteiger partial charge in [-0.1, -0.05) is 0 Å². The molecule has 0 aliphatic carbocycles. The molecule has 2 aliphatic heterocycles. The first-order chi connectivity index (χ1) is 6.09. The first kappa shape index (κ1) is 9.13. The second-order valence-corrected chi connectivity index (χ2v) is 6.03. The summed E-state index contributed by atoms with van der Waals surface area (Å²) in [4.78, 5) is 10.7. The Hall–Kier alpha value is -0.433. The van der Waals surface area contributed by atoms with Crippen molar-refractivity contribution in [3.63, 3.8) is 0 Å². The van der Waals surface area contributed by atoms with E-state index in [0.29, 0.717) is 13.0 Å². The van der Waals surface area contributed by atoms with Gasteiger partial charge < -0.3 is 18.4 Å². The molecule has 0 radical (unpaired) electrons. The van der Waals surface area contributed by atoms with Gasteiger partial charge in [-0.25, -0.2) is 0 Å². The maximum absolute atomic E-state index is 10.7. The topological polar surface area (TPSA) is 65.0 Å². The minimum Gasteiger partial charge on any atom is -0.481 e. The summed E-state index contributed by atoms with van der Waals surface area (Å²) in [6.07, 6.45) is 0.415. The molecule has 13 heavy (non-hydrogen) atoms. The van der Waals surface area contributed by atoms with Gasteiger partial charge in [-0.2, -0.15) is 0 Å². The maximum atomic E-state index is 10.7. The summed E-state index contributed by atoms with van der Waals surface area (Å²) in [5.41, 5.74) is 0. The molecule has 1 N–H and O–H groups in total. The molecule has 2 rings (SSSR count). The Labute approximate surface area is 77.0 Å². The maximum Gasteiger partial charge on any atom is 0.498 e. The first-order valence-corrected chi connectivity index (χ1v) is 6.50. The molecule has 0 saturated carbocycles. The highest BCUT2D eigenvalue weighted by Gasteiger charge is 2.48. The van der Waals surface area contributed by atoms with Crippen molar-refractivity contribution in [2.24, 2.45) is 5.92 Å². The Morgan fingerprint density at radius 2 is 2.15 bits per heavy atom. The number of hydrogen-bond acceptors (Lipinski definition) is 4. The van der Waals surface area contributed by atoms with Gasteiger partial charge in [0.15, 0.2) is 0 Å². The van der Waals surface area contributed by atoms with Crippen molar-refractivity contribution in [1.82, 2.24) is 0 Å². The number of aliphatic carboxylic acids is 1. The van der Waals surface area contributed by atoms with Crippen LogP contribution in [0.3, 0.4) is 0 Å². The number of carboxylic acid groups (broad SMARTS) is 1. The normalized spacial score (nSPS) is 44.4. The molecule has 0 spiro atoms. The molecule has 0 aromatic heterocycles. The van der Waals surface area contributed by atoms with Gasteiger partial charge in [-0.05, 0) is 6.42 Å². The number of fused-ring (bicyclic) bond motifs is 2. The lowest BCUT2D eigenvalue weighted by Gasteiger charge is -2.18. The van der Waals surface area contributed by atoms with E-state index in [1.807, 2.05) is 0 Å². The average Bonchev–Trinajstić information content (AvgIpc) is 2.29. The van der Waals surface area contributed by atoms with Crippen LogP contribution < -0.4 is 0 Å². The summed E-state index contributed by atoms with van der Waals surface area (Å²) < 4.78 is 16.3. The average molecular weight is 204 g/mol. The fourth-order valence-corrected chi connectivity index (χ4v) is 3.60. The predicted octanol–water partition coefficient (Wildman–Crippen LogP) is 0.0916. The fourth-order valence-electron chi connectivity index (χ4n) is 1.62. The van der Waals surface area contributed by atoms with Crippen LogP contribution in [0.2, 0.25) is 6.55 Å². The van der Waals surface area contributed by atoms with Crippen LogP contribution in [0.5, 0.6) is 0 Å². The molecule has 2 fully saturated rings. The highest BCUT2D eigenvalue weighted by atomic mass is 28.4. The van der Waals surface area contributed by atoms with Crippen LogP contribution in [-0.4, -0.2) is 39.2 Å². The van der Waals surface area contributed by atoms with Crippen molar-refractivity contribution in [3.8, 4) is 0 Å². The molecular formula is C7H12O5Si. The van der Waals surface area contributed by atoms with Crippen molar-refractivity contribution >= 4 is 14.8 Å². The zero-order valence-corrected chi connectivity index (χ0v) is 8.36. The SMILES string of the molecule is C[Si]12OCC(CC(C(=O)O)CO1)O2. The Bertz CT molecular complexity index is 233. The molecule has 0 amide bonds. The van der Waals surface area contributed by atoms with Crippen LogP contribution in [0.15, 0.2) is 0 Å². The molecule has 3 unspecified atom stereocenters. The quantitative estimate of drug-likeness (QED) is 0.613. The van der Waals surface area contributed by atoms with Crippen LogP contribution in [0.25, 0.3) is 0 Å². The summed E-state index contributed by atoms with van der Waals surface area (Å²) in [6.45, 7) is 2.50. The Morgan fingerprint density at radius 1 is 1.46 bits per heavy atom. The van der Waals surface area contributed by atoms with E-state index in [1.54, 1.807) is 6.55 Å². The van der Waals surface area contributed by atoms with Gasteiger partial charge in [-0.3, -0.25) is 4.79 Å². The summed E-state index contributed by atoms with van der Waals surface area (Å²) >= 11 is 0. The van der Waals surface area contributed by atoms with Crippen molar-refractivity contribution < 1.29 is 23.2 Å². The Morgan fingerprint density at radius 3 is 2.85 bits per heavy atom. The highest BCUT2D eigenvalue weighted by Crippen LogP contribution is 2.29. The van der Waals surface area contributed by atoms with Crippen LogP contribution in [0, 0.1) is 5.92 Å². The van der Waals surface area contributed by atoms with Crippen LogP contribution in [-0.2, 0) is 18.1 Å². The third-order valence-corrected chi connectivity index (χ3v) is 4.50. The van der Waals surface area contributed by atoms with Crippen molar-refractivity contribution in [1.29, 1.82) is 0 Å². The zero-order chi connectivity index (χ0) is 9.47. The van der Waals surface area contributed by atoms with Gasteiger partial charge in [0.1, 0.15) is 0 Å². The van der Waals surface area contributed by atoms with E-state index in [2.05, 4.69) is 0 Å². The predicted molar refractivity (Wildman–Crippen MR) is 44.1 cm³/mol. The smallest absolute Gasteiger partial charge is 0.481 e. The third-order valence-electron chi connectivity index (χ3n) is 2.36. The van der Waals surface area contributed by atoms with Gasteiger partial charge in [0.2, 0.25) is 0 Å². The standard InChI is InChI=1S/C7H12O5Si/c1-13-10-3-5(7(8)9)2-6(12-13)4-11-13/h5-6H,2-4H2,1H3,(H,8,9). The van der Waals surface area contributed by atoms with Gasteiger partial charge in [0.05, 0.1) is 25.2 Å². The van der Waals surface area contributed by atoms with E-state index in [-0.39, 0.29) is 12.7 Å². The lowest BCUT2D eigenvalue weighted by Crippen LogP contribution is -2.37. The Balaban J connectivity index is 2.07. The van der Waals surface area contributed by atoms with Gasteiger partial charge in [0, 0.05) is 6.55 Å².